The summed E-state index contributed by atoms with van der Waals surface area (Å²) in [4.78, 5) is 33.9. The molecule has 8 nitrogen and oxygen atoms in total. The van der Waals surface area contributed by atoms with Gasteiger partial charge >= 0.3 is 17.6 Å². The standard InChI is InChI=1S/C12H13NO7/c1-6-5-7(11(14)19-3)8(12(15)20-4)10(18-2)9(6)13(16)17/h5H,1-4H3. The molecule has 0 saturated heterocycles. The van der Waals surface area contributed by atoms with Gasteiger partial charge in [-0.3, -0.25) is 10.1 Å². The minimum atomic E-state index is -0.926. The van der Waals surface area contributed by atoms with Crippen molar-refractivity contribution >= 4 is 17.6 Å². The van der Waals surface area contributed by atoms with Crippen LogP contribution in [-0.2, 0) is 9.47 Å². The van der Waals surface area contributed by atoms with Crippen LogP contribution in [0.15, 0.2) is 6.07 Å². The average molecular weight is 283 g/mol. The molecule has 0 aliphatic heterocycles. The first-order valence-electron chi connectivity index (χ1n) is 5.41. The molecular formula is C12H13NO7. The third-order valence-corrected chi connectivity index (χ3v) is 2.63. The van der Waals surface area contributed by atoms with Gasteiger partial charge in [0, 0.05) is 5.56 Å². The molecule has 1 aromatic carbocycles. The molecule has 1 aromatic rings. The highest BCUT2D eigenvalue weighted by Crippen LogP contribution is 2.37. The van der Waals surface area contributed by atoms with Crippen molar-refractivity contribution in [2.24, 2.45) is 0 Å². The number of nitro benzene ring substituents is 1. The normalized spacial score (nSPS) is 9.80. The van der Waals surface area contributed by atoms with E-state index in [1.807, 2.05) is 0 Å². The fraction of sp³-hybridized carbons (Fsp3) is 0.333. The second kappa shape index (κ2) is 6.00. The molecule has 0 atom stereocenters. The second-order valence-electron chi connectivity index (χ2n) is 3.74. The van der Waals surface area contributed by atoms with Crippen molar-refractivity contribution in [3.63, 3.8) is 0 Å². The Morgan fingerprint density at radius 2 is 1.70 bits per heavy atom. The molecule has 0 aliphatic rings. The number of methoxy groups -OCH3 is 3. The van der Waals surface area contributed by atoms with E-state index in [-0.39, 0.29) is 22.4 Å². The van der Waals surface area contributed by atoms with Gasteiger partial charge in [-0.05, 0) is 13.0 Å². The van der Waals surface area contributed by atoms with E-state index in [1.54, 1.807) is 0 Å². The Morgan fingerprint density at radius 3 is 2.10 bits per heavy atom. The summed E-state index contributed by atoms with van der Waals surface area (Å²) in [6, 6.07) is 1.19. The molecule has 0 spiro atoms. The van der Waals surface area contributed by atoms with Crippen LogP contribution in [0.25, 0.3) is 0 Å². The summed E-state index contributed by atoms with van der Waals surface area (Å²) in [5.74, 6) is -2.07. The third-order valence-electron chi connectivity index (χ3n) is 2.63. The van der Waals surface area contributed by atoms with Gasteiger partial charge in [-0.15, -0.1) is 0 Å². The van der Waals surface area contributed by atoms with Crippen molar-refractivity contribution in [2.45, 2.75) is 6.92 Å². The highest BCUT2D eigenvalue weighted by atomic mass is 16.6. The van der Waals surface area contributed by atoms with E-state index in [2.05, 4.69) is 9.47 Å². The summed E-state index contributed by atoms with van der Waals surface area (Å²) in [6.45, 7) is 1.42. The minimum Gasteiger partial charge on any atom is -0.490 e. The zero-order chi connectivity index (χ0) is 15.4. The van der Waals surface area contributed by atoms with Crippen LogP contribution in [0.2, 0.25) is 0 Å². The Balaban J connectivity index is 3.80. The summed E-state index contributed by atoms with van der Waals surface area (Å²) in [6.07, 6.45) is 0. The molecule has 0 N–H and O–H groups in total. The van der Waals surface area contributed by atoms with Crippen LogP contribution in [0.3, 0.4) is 0 Å². The number of nitrogens with zero attached hydrogens (tertiary/aromatic N) is 1. The number of carbonyl (C=O) groups is 2. The number of hydrogen-bond acceptors (Lipinski definition) is 7. The highest BCUT2D eigenvalue weighted by Gasteiger charge is 2.32. The van der Waals surface area contributed by atoms with Crippen molar-refractivity contribution < 1.29 is 28.7 Å². The Kier molecular flexibility index (Phi) is 4.63. The molecule has 0 radical (unpaired) electrons. The minimum absolute atomic E-state index is 0.153. The van der Waals surface area contributed by atoms with Gasteiger partial charge in [-0.25, -0.2) is 9.59 Å². The maximum Gasteiger partial charge on any atom is 0.342 e. The van der Waals surface area contributed by atoms with Crippen LogP contribution in [0, 0.1) is 17.0 Å². The second-order valence-corrected chi connectivity index (χ2v) is 3.74. The van der Waals surface area contributed by atoms with Crippen LogP contribution in [-0.4, -0.2) is 38.2 Å². The zero-order valence-corrected chi connectivity index (χ0v) is 11.4. The van der Waals surface area contributed by atoms with Gasteiger partial charge in [0.1, 0.15) is 5.56 Å². The fourth-order valence-corrected chi connectivity index (χ4v) is 1.78. The van der Waals surface area contributed by atoms with Crippen LogP contribution in [0.1, 0.15) is 26.3 Å². The summed E-state index contributed by atoms with van der Waals surface area (Å²) in [5, 5.41) is 11.1. The summed E-state index contributed by atoms with van der Waals surface area (Å²) >= 11 is 0. The Morgan fingerprint density at radius 1 is 1.15 bits per heavy atom. The molecule has 1 rings (SSSR count). The number of carbonyl (C=O) groups excluding carboxylic acids is 2. The van der Waals surface area contributed by atoms with Crippen molar-refractivity contribution in [2.75, 3.05) is 21.3 Å². The van der Waals surface area contributed by atoms with Crippen molar-refractivity contribution in [3.8, 4) is 5.75 Å². The maximum atomic E-state index is 11.8. The number of esters is 2. The van der Waals surface area contributed by atoms with E-state index in [0.29, 0.717) is 0 Å². The van der Waals surface area contributed by atoms with Gasteiger partial charge in [-0.1, -0.05) is 0 Å². The average Bonchev–Trinajstić information content (AvgIpc) is 2.43. The highest BCUT2D eigenvalue weighted by molar-refractivity contribution is 6.06. The van der Waals surface area contributed by atoms with Gasteiger partial charge in [0.05, 0.1) is 31.8 Å². The van der Waals surface area contributed by atoms with Crippen molar-refractivity contribution in [1.29, 1.82) is 0 Å². The topological polar surface area (TPSA) is 105 Å². The lowest BCUT2D eigenvalue weighted by atomic mass is 10.0. The lowest BCUT2D eigenvalue weighted by Crippen LogP contribution is -2.15. The maximum absolute atomic E-state index is 11.8. The molecule has 20 heavy (non-hydrogen) atoms. The quantitative estimate of drug-likeness (QED) is 0.468. The van der Waals surface area contributed by atoms with Crippen LogP contribution in [0.4, 0.5) is 5.69 Å². The predicted molar refractivity (Wildman–Crippen MR) is 67.1 cm³/mol. The van der Waals surface area contributed by atoms with E-state index in [1.165, 1.54) is 13.0 Å². The number of nitro groups is 1. The van der Waals surface area contributed by atoms with Gasteiger partial charge in [0.15, 0.2) is 0 Å². The van der Waals surface area contributed by atoms with E-state index in [4.69, 9.17) is 4.74 Å². The Bertz CT molecular complexity index is 580. The van der Waals surface area contributed by atoms with E-state index < -0.39 is 22.5 Å². The molecule has 0 fully saturated rings. The number of hydrogen-bond donors (Lipinski definition) is 0. The van der Waals surface area contributed by atoms with Crippen LogP contribution < -0.4 is 4.74 Å². The van der Waals surface area contributed by atoms with Crippen LogP contribution in [0.5, 0.6) is 5.75 Å². The summed E-state index contributed by atoms with van der Waals surface area (Å²) in [7, 11) is 3.39. The number of aryl methyl sites for hydroxylation is 1. The number of rotatable bonds is 4. The molecule has 0 heterocycles. The molecular weight excluding hydrogens is 270 g/mol. The SMILES string of the molecule is COC(=O)c1cc(C)c([N+](=O)[O-])c(OC)c1C(=O)OC. The zero-order valence-electron chi connectivity index (χ0n) is 11.4. The van der Waals surface area contributed by atoms with E-state index in [9.17, 15) is 19.7 Å². The predicted octanol–water partition coefficient (Wildman–Crippen LogP) is 1.49. The molecule has 0 bridgehead atoms. The molecule has 0 amide bonds. The molecule has 0 aromatic heterocycles. The van der Waals surface area contributed by atoms with Gasteiger partial charge in [0.2, 0.25) is 5.75 Å². The first-order valence-corrected chi connectivity index (χ1v) is 5.41. The summed E-state index contributed by atoms with van der Waals surface area (Å²) in [5.41, 5.74) is -0.723. The largest absolute Gasteiger partial charge is 0.490 e. The fourth-order valence-electron chi connectivity index (χ4n) is 1.78. The lowest BCUT2D eigenvalue weighted by Gasteiger charge is -2.13. The van der Waals surface area contributed by atoms with Crippen molar-refractivity contribution in [3.05, 3.63) is 32.9 Å². The first kappa shape index (κ1) is 15.4. The molecule has 0 aliphatic carbocycles. The Hall–Kier alpha value is -2.64. The number of benzene rings is 1. The van der Waals surface area contributed by atoms with Gasteiger partial charge < -0.3 is 14.2 Å². The van der Waals surface area contributed by atoms with E-state index in [0.717, 1.165) is 21.3 Å². The molecule has 0 saturated carbocycles. The number of ether oxygens (including phenoxy) is 3. The smallest absolute Gasteiger partial charge is 0.342 e. The van der Waals surface area contributed by atoms with Gasteiger partial charge in [-0.2, -0.15) is 0 Å². The van der Waals surface area contributed by atoms with Crippen molar-refractivity contribution in [1.82, 2.24) is 0 Å². The Labute approximate surface area is 114 Å². The van der Waals surface area contributed by atoms with Crippen LogP contribution >= 0.6 is 0 Å². The first-order chi connectivity index (χ1) is 9.38. The molecule has 108 valence electrons. The monoisotopic (exact) mass is 283 g/mol. The van der Waals surface area contributed by atoms with E-state index >= 15 is 0 Å². The summed E-state index contributed by atoms with van der Waals surface area (Å²) < 4.78 is 14.0. The molecule has 8 heteroatoms. The van der Waals surface area contributed by atoms with Gasteiger partial charge in [0.25, 0.3) is 0 Å². The molecule has 0 unspecified atom stereocenters. The lowest BCUT2D eigenvalue weighted by molar-refractivity contribution is -0.386. The third kappa shape index (κ3) is 2.53.